The Labute approximate surface area is 89.4 Å². The van der Waals surface area contributed by atoms with E-state index in [4.69, 9.17) is 10.2 Å². The van der Waals surface area contributed by atoms with E-state index >= 15 is 0 Å². The molecule has 0 aromatic heterocycles. The molecule has 0 saturated heterocycles. The Morgan fingerprint density at radius 3 is 2.33 bits per heavy atom. The van der Waals surface area contributed by atoms with Crippen molar-refractivity contribution in [1.82, 2.24) is 0 Å². The normalized spacial score (nSPS) is 12.4. The van der Waals surface area contributed by atoms with E-state index < -0.39 is 11.9 Å². The molecular weight excluding hydrogens is 192 g/mol. The van der Waals surface area contributed by atoms with Crippen molar-refractivity contribution in [3.8, 4) is 0 Å². The second kappa shape index (κ2) is 5.51. The largest absolute Gasteiger partial charge is 0.481 e. The number of carboxylic acids is 1. The van der Waals surface area contributed by atoms with Crippen LogP contribution in [0.1, 0.15) is 36.8 Å². The first-order chi connectivity index (χ1) is 7.19. The SMILES string of the molecule is CCCC(C(=O)O)c1ccc(CO)cc1. The summed E-state index contributed by atoms with van der Waals surface area (Å²) in [5.41, 5.74) is 1.61. The van der Waals surface area contributed by atoms with Gasteiger partial charge in [0.05, 0.1) is 12.5 Å². The maximum absolute atomic E-state index is 11.0. The standard InChI is InChI=1S/C12H16O3/c1-2-3-11(12(14)15)10-6-4-9(8-13)5-7-10/h4-7,11,13H,2-3,8H2,1H3,(H,14,15). The van der Waals surface area contributed by atoms with Gasteiger partial charge in [0.25, 0.3) is 0 Å². The minimum Gasteiger partial charge on any atom is -0.481 e. The van der Waals surface area contributed by atoms with Crippen LogP contribution >= 0.6 is 0 Å². The van der Waals surface area contributed by atoms with Gasteiger partial charge in [-0.15, -0.1) is 0 Å². The van der Waals surface area contributed by atoms with Crippen molar-refractivity contribution < 1.29 is 15.0 Å². The van der Waals surface area contributed by atoms with Crippen LogP contribution in [0.5, 0.6) is 0 Å². The summed E-state index contributed by atoms with van der Waals surface area (Å²) >= 11 is 0. The Morgan fingerprint density at radius 1 is 1.33 bits per heavy atom. The highest BCUT2D eigenvalue weighted by Gasteiger charge is 2.18. The van der Waals surface area contributed by atoms with Crippen molar-refractivity contribution in [3.05, 3.63) is 35.4 Å². The molecule has 0 aliphatic rings. The van der Waals surface area contributed by atoms with Gasteiger partial charge in [-0.1, -0.05) is 37.6 Å². The highest BCUT2D eigenvalue weighted by Crippen LogP contribution is 2.21. The van der Waals surface area contributed by atoms with Gasteiger partial charge in [0.2, 0.25) is 0 Å². The quantitative estimate of drug-likeness (QED) is 0.779. The molecule has 1 atom stereocenters. The topological polar surface area (TPSA) is 57.5 Å². The fourth-order valence-electron chi connectivity index (χ4n) is 1.58. The van der Waals surface area contributed by atoms with Crippen molar-refractivity contribution in [2.45, 2.75) is 32.3 Å². The first-order valence-corrected chi connectivity index (χ1v) is 5.11. The Kier molecular flexibility index (Phi) is 4.31. The maximum Gasteiger partial charge on any atom is 0.310 e. The summed E-state index contributed by atoms with van der Waals surface area (Å²) in [4.78, 5) is 11.0. The van der Waals surface area contributed by atoms with E-state index in [1.807, 2.05) is 6.92 Å². The van der Waals surface area contributed by atoms with Crippen molar-refractivity contribution in [2.24, 2.45) is 0 Å². The number of aliphatic hydroxyl groups excluding tert-OH is 1. The molecule has 15 heavy (non-hydrogen) atoms. The molecule has 1 aromatic carbocycles. The van der Waals surface area contributed by atoms with Gasteiger partial charge in [-0.25, -0.2) is 0 Å². The molecule has 0 amide bonds. The van der Waals surface area contributed by atoms with Crippen LogP contribution in [0, 0.1) is 0 Å². The van der Waals surface area contributed by atoms with Gasteiger partial charge in [0.15, 0.2) is 0 Å². The number of carbonyl (C=O) groups is 1. The van der Waals surface area contributed by atoms with Crippen molar-refractivity contribution >= 4 is 5.97 Å². The van der Waals surface area contributed by atoms with E-state index in [0.29, 0.717) is 6.42 Å². The third-order valence-corrected chi connectivity index (χ3v) is 2.44. The second-order valence-electron chi connectivity index (χ2n) is 3.58. The Hall–Kier alpha value is -1.35. The first kappa shape index (κ1) is 11.7. The number of benzene rings is 1. The van der Waals surface area contributed by atoms with E-state index in [1.165, 1.54) is 0 Å². The lowest BCUT2D eigenvalue weighted by Crippen LogP contribution is -2.11. The lowest BCUT2D eigenvalue weighted by Gasteiger charge is -2.11. The molecule has 1 rings (SSSR count). The van der Waals surface area contributed by atoms with Crippen molar-refractivity contribution in [1.29, 1.82) is 0 Å². The fraction of sp³-hybridized carbons (Fsp3) is 0.417. The van der Waals surface area contributed by atoms with Gasteiger partial charge in [-0.3, -0.25) is 4.79 Å². The summed E-state index contributed by atoms with van der Waals surface area (Å²) < 4.78 is 0. The molecule has 0 spiro atoms. The second-order valence-corrected chi connectivity index (χ2v) is 3.58. The van der Waals surface area contributed by atoms with Gasteiger partial charge in [-0.05, 0) is 17.5 Å². The van der Waals surface area contributed by atoms with Crippen LogP contribution in [0.4, 0.5) is 0 Å². The van der Waals surface area contributed by atoms with Gasteiger partial charge in [-0.2, -0.15) is 0 Å². The summed E-state index contributed by atoms with van der Waals surface area (Å²) in [6.07, 6.45) is 1.49. The minimum atomic E-state index is -0.784. The Morgan fingerprint density at radius 2 is 1.93 bits per heavy atom. The molecule has 0 fully saturated rings. The number of carboxylic acid groups (broad SMARTS) is 1. The summed E-state index contributed by atoms with van der Waals surface area (Å²) in [5, 5.41) is 17.9. The molecule has 0 saturated carbocycles. The Balaban J connectivity index is 2.86. The third kappa shape index (κ3) is 3.06. The lowest BCUT2D eigenvalue weighted by atomic mass is 9.94. The number of aliphatic carboxylic acids is 1. The van der Waals surface area contributed by atoms with Crippen LogP contribution in [0.3, 0.4) is 0 Å². The third-order valence-electron chi connectivity index (χ3n) is 2.44. The zero-order chi connectivity index (χ0) is 11.3. The molecule has 82 valence electrons. The smallest absolute Gasteiger partial charge is 0.310 e. The summed E-state index contributed by atoms with van der Waals surface area (Å²) in [7, 11) is 0. The molecule has 1 aromatic rings. The zero-order valence-corrected chi connectivity index (χ0v) is 8.81. The lowest BCUT2D eigenvalue weighted by molar-refractivity contribution is -0.139. The average Bonchev–Trinajstić information content (AvgIpc) is 2.26. The fourth-order valence-corrected chi connectivity index (χ4v) is 1.58. The minimum absolute atomic E-state index is 0.00814. The van der Waals surface area contributed by atoms with Crippen LogP contribution in [0.15, 0.2) is 24.3 Å². The summed E-state index contributed by atoms with van der Waals surface area (Å²) in [6, 6.07) is 7.09. The number of rotatable bonds is 5. The van der Waals surface area contributed by atoms with E-state index in [0.717, 1.165) is 17.5 Å². The van der Waals surface area contributed by atoms with Gasteiger partial charge in [0.1, 0.15) is 0 Å². The maximum atomic E-state index is 11.0. The highest BCUT2D eigenvalue weighted by atomic mass is 16.4. The molecule has 1 unspecified atom stereocenters. The number of hydrogen-bond donors (Lipinski definition) is 2. The first-order valence-electron chi connectivity index (χ1n) is 5.11. The molecule has 0 heterocycles. The van der Waals surface area contributed by atoms with Crippen LogP contribution in [0.25, 0.3) is 0 Å². The van der Waals surface area contributed by atoms with Crippen LogP contribution in [-0.2, 0) is 11.4 Å². The molecule has 3 heteroatoms. The van der Waals surface area contributed by atoms with Crippen LogP contribution < -0.4 is 0 Å². The van der Waals surface area contributed by atoms with Crippen LogP contribution in [0.2, 0.25) is 0 Å². The highest BCUT2D eigenvalue weighted by molar-refractivity contribution is 5.76. The predicted molar refractivity (Wildman–Crippen MR) is 57.6 cm³/mol. The van der Waals surface area contributed by atoms with E-state index in [-0.39, 0.29) is 6.61 Å². The van der Waals surface area contributed by atoms with Crippen molar-refractivity contribution in [2.75, 3.05) is 0 Å². The Bertz CT molecular complexity index is 316. The molecule has 2 N–H and O–H groups in total. The summed E-state index contributed by atoms with van der Waals surface area (Å²) in [6.45, 7) is 1.96. The van der Waals surface area contributed by atoms with Crippen LogP contribution in [-0.4, -0.2) is 16.2 Å². The van der Waals surface area contributed by atoms with Gasteiger partial charge < -0.3 is 10.2 Å². The van der Waals surface area contributed by atoms with Crippen molar-refractivity contribution in [3.63, 3.8) is 0 Å². The monoisotopic (exact) mass is 208 g/mol. The summed E-state index contributed by atoms with van der Waals surface area (Å²) in [5.74, 6) is -1.21. The molecule has 0 aliphatic carbocycles. The van der Waals surface area contributed by atoms with E-state index in [1.54, 1.807) is 24.3 Å². The average molecular weight is 208 g/mol. The van der Waals surface area contributed by atoms with E-state index in [9.17, 15) is 4.79 Å². The van der Waals surface area contributed by atoms with Gasteiger partial charge >= 0.3 is 5.97 Å². The zero-order valence-electron chi connectivity index (χ0n) is 8.81. The number of hydrogen-bond acceptors (Lipinski definition) is 2. The molecule has 3 nitrogen and oxygen atoms in total. The number of aliphatic hydroxyl groups is 1. The van der Waals surface area contributed by atoms with Gasteiger partial charge in [0, 0.05) is 0 Å². The predicted octanol–water partition coefficient (Wildman–Crippen LogP) is 2.15. The molecule has 0 bridgehead atoms. The van der Waals surface area contributed by atoms with E-state index in [2.05, 4.69) is 0 Å². The molecular formula is C12H16O3. The molecule has 0 radical (unpaired) electrons. The molecule has 0 aliphatic heterocycles.